The van der Waals surface area contributed by atoms with Gasteiger partial charge in [-0.1, -0.05) is 37.6 Å². The molecule has 0 fully saturated rings. The van der Waals surface area contributed by atoms with Crippen molar-refractivity contribution in [1.82, 2.24) is 19.2 Å². The standard InChI is InChI=1S/C24H26N4O2/c1-5-6-11-21-25-23-19-9-7-8-10-20(19)27(24(30)28(23)26-21)17(4)22(29)18-13-12-15(2)16(3)14-18/h7-10,12-14,17H,5-6,11H2,1-4H3/t17-/m0/s1. The highest BCUT2D eigenvalue weighted by atomic mass is 16.2. The Balaban J connectivity index is 1.90. The lowest BCUT2D eigenvalue weighted by atomic mass is 10.00. The first-order valence-electron chi connectivity index (χ1n) is 10.4. The van der Waals surface area contributed by atoms with Crippen molar-refractivity contribution in [3.8, 4) is 0 Å². The van der Waals surface area contributed by atoms with Crippen LogP contribution in [0.25, 0.3) is 16.6 Å². The Morgan fingerprint density at radius 1 is 1.10 bits per heavy atom. The van der Waals surface area contributed by atoms with E-state index in [2.05, 4.69) is 17.0 Å². The van der Waals surface area contributed by atoms with Crippen LogP contribution in [0, 0.1) is 13.8 Å². The van der Waals surface area contributed by atoms with Crippen LogP contribution in [-0.4, -0.2) is 24.9 Å². The number of Topliss-reactive ketones (excluding diaryl/α,β-unsaturated/α-hetero) is 1. The molecule has 0 aliphatic carbocycles. The van der Waals surface area contributed by atoms with E-state index in [0.717, 1.165) is 35.8 Å². The first kappa shape index (κ1) is 20.0. The van der Waals surface area contributed by atoms with Crippen molar-refractivity contribution in [1.29, 1.82) is 0 Å². The van der Waals surface area contributed by atoms with E-state index in [4.69, 9.17) is 0 Å². The Morgan fingerprint density at radius 2 is 1.87 bits per heavy atom. The number of hydrogen-bond acceptors (Lipinski definition) is 4. The van der Waals surface area contributed by atoms with Crippen LogP contribution in [0.2, 0.25) is 0 Å². The largest absolute Gasteiger partial charge is 0.351 e. The average molecular weight is 402 g/mol. The maximum atomic E-state index is 13.4. The third-order valence-electron chi connectivity index (χ3n) is 5.75. The minimum atomic E-state index is -0.669. The van der Waals surface area contributed by atoms with Gasteiger partial charge in [-0.25, -0.2) is 9.78 Å². The minimum Gasteiger partial charge on any atom is -0.292 e. The van der Waals surface area contributed by atoms with Crippen molar-refractivity contribution in [3.05, 3.63) is 75.5 Å². The summed E-state index contributed by atoms with van der Waals surface area (Å²) in [7, 11) is 0. The van der Waals surface area contributed by atoms with Gasteiger partial charge in [0.05, 0.1) is 11.6 Å². The lowest BCUT2D eigenvalue weighted by molar-refractivity contribution is 0.0934. The predicted molar refractivity (Wildman–Crippen MR) is 118 cm³/mol. The van der Waals surface area contributed by atoms with Gasteiger partial charge in [0.2, 0.25) is 0 Å². The predicted octanol–water partition coefficient (Wildman–Crippen LogP) is 4.45. The van der Waals surface area contributed by atoms with Gasteiger partial charge in [0.25, 0.3) is 0 Å². The molecule has 0 saturated heterocycles. The lowest BCUT2D eigenvalue weighted by Crippen LogP contribution is -2.33. The molecular weight excluding hydrogens is 376 g/mol. The molecule has 30 heavy (non-hydrogen) atoms. The van der Waals surface area contributed by atoms with Crippen LogP contribution in [0.3, 0.4) is 0 Å². The summed E-state index contributed by atoms with van der Waals surface area (Å²) in [5, 5.41) is 5.27. The maximum Gasteiger partial charge on any atom is 0.351 e. The number of rotatable bonds is 6. The molecule has 1 atom stereocenters. The zero-order chi connectivity index (χ0) is 21.4. The topological polar surface area (TPSA) is 69.3 Å². The number of carbonyl (C=O) groups excluding carboxylic acids is 1. The van der Waals surface area contributed by atoms with Gasteiger partial charge in [-0.3, -0.25) is 9.36 Å². The number of fused-ring (bicyclic) bond motifs is 3. The second kappa shape index (κ2) is 7.86. The average Bonchev–Trinajstić information content (AvgIpc) is 3.18. The molecule has 0 aliphatic heterocycles. The van der Waals surface area contributed by atoms with Crippen LogP contribution in [0.5, 0.6) is 0 Å². The molecule has 2 aromatic carbocycles. The Hall–Kier alpha value is -3.28. The Kier molecular flexibility index (Phi) is 5.24. The minimum absolute atomic E-state index is 0.101. The number of aromatic nitrogens is 4. The normalized spacial score (nSPS) is 12.5. The van der Waals surface area contributed by atoms with Crippen molar-refractivity contribution in [2.45, 2.75) is 53.0 Å². The molecule has 0 unspecified atom stereocenters. The fourth-order valence-corrected chi connectivity index (χ4v) is 3.81. The van der Waals surface area contributed by atoms with Gasteiger partial charge >= 0.3 is 5.69 Å². The highest BCUT2D eigenvalue weighted by Gasteiger charge is 2.23. The molecule has 4 rings (SSSR count). The number of hydrogen-bond donors (Lipinski definition) is 0. The smallest absolute Gasteiger partial charge is 0.292 e. The van der Waals surface area contributed by atoms with E-state index < -0.39 is 6.04 Å². The second-order valence-corrected chi connectivity index (χ2v) is 7.88. The van der Waals surface area contributed by atoms with Gasteiger partial charge < -0.3 is 0 Å². The van der Waals surface area contributed by atoms with E-state index in [-0.39, 0.29) is 11.5 Å². The van der Waals surface area contributed by atoms with Crippen LogP contribution in [0.4, 0.5) is 0 Å². The highest BCUT2D eigenvalue weighted by Crippen LogP contribution is 2.23. The molecule has 0 radical (unpaired) electrons. The van der Waals surface area contributed by atoms with E-state index in [0.29, 0.717) is 22.6 Å². The monoisotopic (exact) mass is 402 g/mol. The quantitative estimate of drug-likeness (QED) is 0.447. The van der Waals surface area contributed by atoms with Crippen LogP contribution in [0.15, 0.2) is 47.3 Å². The molecule has 154 valence electrons. The number of ketones is 1. The summed E-state index contributed by atoms with van der Waals surface area (Å²) < 4.78 is 2.88. The summed E-state index contributed by atoms with van der Waals surface area (Å²) >= 11 is 0. The third kappa shape index (κ3) is 3.32. The molecular formula is C24H26N4O2. The Bertz CT molecular complexity index is 1320. The zero-order valence-electron chi connectivity index (χ0n) is 17.8. The van der Waals surface area contributed by atoms with Crippen molar-refractivity contribution in [2.24, 2.45) is 0 Å². The molecule has 0 amide bonds. The molecule has 0 aliphatic rings. The number of unbranched alkanes of at least 4 members (excludes halogenated alkanes) is 1. The van der Waals surface area contributed by atoms with Gasteiger partial charge in [-0.05, 0) is 56.5 Å². The van der Waals surface area contributed by atoms with Crippen LogP contribution in [-0.2, 0) is 6.42 Å². The molecule has 0 bridgehead atoms. The van der Waals surface area contributed by atoms with Crippen LogP contribution < -0.4 is 5.69 Å². The fourth-order valence-electron chi connectivity index (χ4n) is 3.81. The molecule has 0 N–H and O–H groups in total. The van der Waals surface area contributed by atoms with Crippen molar-refractivity contribution in [2.75, 3.05) is 0 Å². The Labute approximate surface area is 175 Å². The molecule has 2 aromatic heterocycles. The van der Waals surface area contributed by atoms with Gasteiger partial charge in [0.1, 0.15) is 0 Å². The van der Waals surface area contributed by atoms with Crippen LogP contribution >= 0.6 is 0 Å². The number of nitrogens with zero attached hydrogens (tertiary/aromatic N) is 4. The molecule has 2 heterocycles. The van der Waals surface area contributed by atoms with E-state index in [1.54, 1.807) is 6.92 Å². The van der Waals surface area contributed by atoms with Gasteiger partial charge in [-0.2, -0.15) is 4.52 Å². The zero-order valence-corrected chi connectivity index (χ0v) is 17.8. The fraction of sp³-hybridized carbons (Fsp3) is 0.333. The first-order chi connectivity index (χ1) is 14.4. The molecule has 0 spiro atoms. The summed E-state index contributed by atoms with van der Waals surface area (Å²) in [5.41, 5.74) is 3.67. The van der Waals surface area contributed by atoms with Crippen LogP contribution in [0.1, 0.15) is 60.0 Å². The van der Waals surface area contributed by atoms with E-state index in [1.807, 2.05) is 56.3 Å². The van der Waals surface area contributed by atoms with Crippen molar-refractivity contribution < 1.29 is 4.79 Å². The third-order valence-corrected chi connectivity index (χ3v) is 5.75. The van der Waals surface area contributed by atoms with E-state index >= 15 is 0 Å². The van der Waals surface area contributed by atoms with Gasteiger partial charge in [0.15, 0.2) is 17.3 Å². The first-order valence-corrected chi connectivity index (χ1v) is 10.4. The van der Waals surface area contributed by atoms with E-state index in [9.17, 15) is 9.59 Å². The summed E-state index contributed by atoms with van der Waals surface area (Å²) in [4.78, 5) is 31.3. The Morgan fingerprint density at radius 3 is 2.60 bits per heavy atom. The van der Waals surface area contributed by atoms with Gasteiger partial charge in [-0.15, -0.1) is 5.10 Å². The van der Waals surface area contributed by atoms with Crippen molar-refractivity contribution in [3.63, 3.8) is 0 Å². The maximum absolute atomic E-state index is 13.4. The molecule has 6 nitrogen and oxygen atoms in total. The second-order valence-electron chi connectivity index (χ2n) is 7.88. The summed E-state index contributed by atoms with van der Waals surface area (Å²) in [5.74, 6) is 0.556. The molecule has 4 aromatic rings. The molecule has 0 saturated carbocycles. The number of carbonyl (C=O) groups is 1. The summed E-state index contributed by atoms with van der Waals surface area (Å²) in [6.45, 7) is 7.88. The summed E-state index contributed by atoms with van der Waals surface area (Å²) in [6.07, 6.45) is 2.72. The number of aryl methyl sites for hydroxylation is 3. The number of para-hydroxylation sites is 1. The lowest BCUT2D eigenvalue weighted by Gasteiger charge is -2.17. The number of benzene rings is 2. The summed E-state index contributed by atoms with van der Waals surface area (Å²) in [6, 6.07) is 12.6. The highest BCUT2D eigenvalue weighted by molar-refractivity contribution is 6.00. The van der Waals surface area contributed by atoms with Gasteiger partial charge in [0, 0.05) is 17.4 Å². The van der Waals surface area contributed by atoms with E-state index in [1.165, 1.54) is 9.08 Å². The molecule has 6 heteroatoms. The van der Waals surface area contributed by atoms with Crippen molar-refractivity contribution >= 4 is 22.3 Å². The SMILES string of the molecule is CCCCc1nc2c3ccccc3n([C@@H](C)C(=O)c3ccc(C)c(C)c3)c(=O)n2n1.